The van der Waals surface area contributed by atoms with E-state index in [-0.39, 0.29) is 12.1 Å². The van der Waals surface area contributed by atoms with E-state index in [0.717, 1.165) is 36.8 Å². The van der Waals surface area contributed by atoms with Crippen LogP contribution in [0.2, 0.25) is 0 Å². The molecular weight excluding hydrogens is 324 g/mol. The monoisotopic (exact) mass is 348 g/mol. The van der Waals surface area contributed by atoms with E-state index in [1.807, 2.05) is 60.7 Å². The van der Waals surface area contributed by atoms with Gasteiger partial charge in [0.1, 0.15) is 0 Å². The van der Waals surface area contributed by atoms with Crippen molar-refractivity contribution >= 4 is 11.8 Å². The number of amides is 2. The Hall–Kier alpha value is -2.62. The molecule has 1 atom stereocenters. The molecular formula is C22H24N2O2. The number of nitrogens with zero attached hydrogens (tertiary/aromatic N) is 1. The van der Waals surface area contributed by atoms with Crippen molar-refractivity contribution in [2.75, 3.05) is 0 Å². The largest absolute Gasteiger partial charge is 0.341 e. The number of nitrogens with one attached hydrogen (secondary N) is 1. The molecule has 2 aliphatic rings. The molecule has 1 N–H and O–H groups in total. The molecule has 0 bridgehead atoms. The summed E-state index contributed by atoms with van der Waals surface area (Å²) in [6.45, 7) is 0.497. The second kappa shape index (κ2) is 7.32. The fourth-order valence-corrected chi connectivity index (χ4v) is 3.43. The number of carbonyl (C=O) groups is 2. The van der Waals surface area contributed by atoms with Gasteiger partial charge in [0.05, 0.1) is 6.04 Å². The van der Waals surface area contributed by atoms with Crippen LogP contribution >= 0.6 is 0 Å². The van der Waals surface area contributed by atoms with Crippen molar-refractivity contribution in [1.29, 1.82) is 0 Å². The van der Waals surface area contributed by atoms with Gasteiger partial charge in [-0.25, -0.2) is 0 Å². The normalized spacial score (nSPS) is 17.4. The zero-order valence-corrected chi connectivity index (χ0v) is 14.8. The minimum Gasteiger partial charge on any atom is -0.341 e. The van der Waals surface area contributed by atoms with Crippen LogP contribution < -0.4 is 5.32 Å². The van der Waals surface area contributed by atoms with E-state index in [9.17, 15) is 9.59 Å². The lowest BCUT2D eigenvalue weighted by Crippen LogP contribution is -2.45. The molecule has 134 valence electrons. The van der Waals surface area contributed by atoms with Crippen molar-refractivity contribution in [3.8, 4) is 0 Å². The summed E-state index contributed by atoms with van der Waals surface area (Å²) in [5.41, 5.74) is 2.14. The molecule has 2 fully saturated rings. The first-order chi connectivity index (χ1) is 12.7. The molecule has 0 radical (unpaired) electrons. The van der Waals surface area contributed by atoms with E-state index in [0.29, 0.717) is 12.5 Å². The Morgan fingerprint density at radius 3 is 2.12 bits per heavy atom. The van der Waals surface area contributed by atoms with Crippen LogP contribution in [0.15, 0.2) is 60.7 Å². The van der Waals surface area contributed by atoms with Gasteiger partial charge >= 0.3 is 11.8 Å². The second-order valence-corrected chi connectivity index (χ2v) is 7.35. The van der Waals surface area contributed by atoms with Crippen molar-refractivity contribution in [3.63, 3.8) is 0 Å². The number of rotatable bonds is 6. The van der Waals surface area contributed by atoms with Gasteiger partial charge in [0.2, 0.25) is 0 Å². The van der Waals surface area contributed by atoms with Gasteiger partial charge in [0, 0.05) is 12.6 Å². The van der Waals surface area contributed by atoms with Gasteiger partial charge in [0.25, 0.3) is 0 Å². The number of carbonyl (C=O) groups excluding carboxylic acids is 2. The fraction of sp³-hybridized carbons (Fsp3) is 0.364. The van der Waals surface area contributed by atoms with Gasteiger partial charge in [-0.15, -0.1) is 0 Å². The van der Waals surface area contributed by atoms with Gasteiger partial charge < -0.3 is 10.2 Å². The van der Waals surface area contributed by atoms with Crippen LogP contribution in [-0.4, -0.2) is 22.8 Å². The molecule has 2 aliphatic carbocycles. The summed E-state index contributed by atoms with van der Waals surface area (Å²) in [6.07, 6.45) is 4.17. The highest BCUT2D eigenvalue weighted by Crippen LogP contribution is 2.41. The summed E-state index contributed by atoms with van der Waals surface area (Å²) in [6, 6.07) is 20.0. The summed E-state index contributed by atoms with van der Waals surface area (Å²) in [4.78, 5) is 27.3. The van der Waals surface area contributed by atoms with Gasteiger partial charge in [-0.05, 0) is 42.7 Å². The Kier molecular flexibility index (Phi) is 4.74. The molecule has 0 heterocycles. The highest BCUT2D eigenvalue weighted by atomic mass is 16.2. The van der Waals surface area contributed by atoms with Gasteiger partial charge in [-0.3, -0.25) is 9.59 Å². The first kappa shape index (κ1) is 16.8. The summed E-state index contributed by atoms with van der Waals surface area (Å²) < 4.78 is 0. The maximum atomic E-state index is 12.9. The molecule has 2 amide bonds. The average Bonchev–Trinajstić information content (AvgIpc) is 3.58. The summed E-state index contributed by atoms with van der Waals surface area (Å²) in [5, 5.41) is 3.01. The Morgan fingerprint density at radius 1 is 0.923 bits per heavy atom. The Labute approximate surface area is 154 Å². The SMILES string of the molecule is O=C(N[C@@H](c1ccccc1)C1CC1)C(=O)N(Cc1ccccc1)C1CC1. The molecule has 26 heavy (non-hydrogen) atoms. The molecule has 0 spiro atoms. The average molecular weight is 348 g/mol. The van der Waals surface area contributed by atoms with Crippen molar-refractivity contribution in [2.45, 2.75) is 44.3 Å². The molecule has 2 aromatic carbocycles. The summed E-state index contributed by atoms with van der Waals surface area (Å²) in [5.74, 6) is -0.441. The predicted molar refractivity (Wildman–Crippen MR) is 100 cm³/mol. The topological polar surface area (TPSA) is 49.4 Å². The van der Waals surface area contributed by atoms with Crippen molar-refractivity contribution in [2.24, 2.45) is 5.92 Å². The van der Waals surface area contributed by atoms with Gasteiger partial charge in [-0.1, -0.05) is 60.7 Å². The lowest BCUT2D eigenvalue weighted by atomic mass is 10.0. The van der Waals surface area contributed by atoms with E-state index in [1.165, 1.54) is 0 Å². The lowest BCUT2D eigenvalue weighted by Gasteiger charge is -2.24. The van der Waals surface area contributed by atoms with E-state index in [4.69, 9.17) is 0 Å². The zero-order chi connectivity index (χ0) is 17.9. The molecule has 0 saturated heterocycles. The van der Waals surface area contributed by atoms with Crippen LogP contribution in [0.5, 0.6) is 0 Å². The second-order valence-electron chi connectivity index (χ2n) is 7.35. The maximum Gasteiger partial charge on any atom is 0.312 e. The summed E-state index contributed by atoms with van der Waals surface area (Å²) in [7, 11) is 0. The van der Waals surface area contributed by atoms with Gasteiger partial charge in [-0.2, -0.15) is 0 Å². The highest BCUT2D eigenvalue weighted by Gasteiger charge is 2.38. The van der Waals surface area contributed by atoms with Crippen LogP contribution in [0.3, 0.4) is 0 Å². The Morgan fingerprint density at radius 2 is 1.54 bits per heavy atom. The minimum absolute atomic E-state index is 0.0644. The van der Waals surface area contributed by atoms with E-state index >= 15 is 0 Å². The Balaban J connectivity index is 1.46. The molecule has 2 saturated carbocycles. The highest BCUT2D eigenvalue weighted by molar-refractivity contribution is 6.35. The molecule has 0 aromatic heterocycles. The molecule has 4 rings (SSSR count). The molecule has 0 aliphatic heterocycles. The maximum absolute atomic E-state index is 12.9. The fourth-order valence-electron chi connectivity index (χ4n) is 3.43. The van der Waals surface area contributed by atoms with Crippen LogP contribution in [0.4, 0.5) is 0 Å². The van der Waals surface area contributed by atoms with Gasteiger partial charge in [0.15, 0.2) is 0 Å². The van der Waals surface area contributed by atoms with Crippen LogP contribution in [0.1, 0.15) is 42.9 Å². The first-order valence-electron chi connectivity index (χ1n) is 9.42. The molecule has 2 aromatic rings. The zero-order valence-electron chi connectivity index (χ0n) is 14.8. The lowest BCUT2D eigenvalue weighted by molar-refractivity contribution is -0.147. The quantitative estimate of drug-likeness (QED) is 0.813. The Bertz CT molecular complexity index is 767. The smallest absolute Gasteiger partial charge is 0.312 e. The molecule has 0 unspecified atom stereocenters. The predicted octanol–water partition coefficient (Wildman–Crippen LogP) is 3.45. The van der Waals surface area contributed by atoms with E-state index in [2.05, 4.69) is 5.32 Å². The number of benzene rings is 2. The van der Waals surface area contributed by atoms with Crippen molar-refractivity contribution in [1.82, 2.24) is 10.2 Å². The number of hydrogen-bond donors (Lipinski definition) is 1. The van der Waals surface area contributed by atoms with E-state index in [1.54, 1.807) is 4.90 Å². The third-order valence-corrected chi connectivity index (χ3v) is 5.18. The third-order valence-electron chi connectivity index (χ3n) is 5.18. The minimum atomic E-state index is -0.478. The van der Waals surface area contributed by atoms with Crippen LogP contribution in [0, 0.1) is 5.92 Å². The van der Waals surface area contributed by atoms with E-state index < -0.39 is 11.8 Å². The van der Waals surface area contributed by atoms with Crippen LogP contribution in [0.25, 0.3) is 0 Å². The third kappa shape index (κ3) is 3.96. The first-order valence-corrected chi connectivity index (χ1v) is 9.42. The molecule has 4 heteroatoms. The van der Waals surface area contributed by atoms with Crippen molar-refractivity contribution in [3.05, 3.63) is 71.8 Å². The van der Waals surface area contributed by atoms with Crippen LogP contribution in [-0.2, 0) is 16.1 Å². The summed E-state index contributed by atoms with van der Waals surface area (Å²) >= 11 is 0. The molecule has 4 nitrogen and oxygen atoms in total. The van der Waals surface area contributed by atoms with Crippen molar-refractivity contribution < 1.29 is 9.59 Å². The number of hydrogen-bond acceptors (Lipinski definition) is 2. The standard InChI is InChI=1S/C22H24N2O2/c25-21(23-20(18-11-12-18)17-9-5-2-6-10-17)22(26)24(19-13-14-19)15-16-7-3-1-4-8-16/h1-10,18-20H,11-15H2,(H,23,25)/t20-/m0/s1.